The lowest BCUT2D eigenvalue weighted by molar-refractivity contribution is -0.136. The number of carbonyl (C=O) groups is 1. The van der Waals surface area contributed by atoms with Crippen molar-refractivity contribution in [3.8, 4) is 22.8 Å². The van der Waals surface area contributed by atoms with Crippen LogP contribution in [0.5, 0.6) is 11.6 Å². The summed E-state index contributed by atoms with van der Waals surface area (Å²) in [6.45, 7) is 4.03. The van der Waals surface area contributed by atoms with Crippen molar-refractivity contribution in [3.63, 3.8) is 0 Å². The monoisotopic (exact) mass is 423 g/mol. The van der Waals surface area contributed by atoms with Crippen molar-refractivity contribution < 1.29 is 19.0 Å². The minimum absolute atomic E-state index is 0.00441. The molecule has 1 aromatic carbocycles. The van der Waals surface area contributed by atoms with Crippen LogP contribution in [-0.4, -0.2) is 71.0 Å². The molecule has 1 saturated heterocycles. The van der Waals surface area contributed by atoms with Gasteiger partial charge in [0.15, 0.2) is 5.65 Å². The highest BCUT2D eigenvalue weighted by Crippen LogP contribution is 2.32. The highest BCUT2D eigenvalue weighted by atomic mass is 16.5. The third kappa shape index (κ3) is 3.65. The van der Waals surface area contributed by atoms with Crippen LogP contribution in [-0.2, 0) is 9.53 Å². The Labute approximate surface area is 179 Å². The van der Waals surface area contributed by atoms with Gasteiger partial charge in [-0.15, -0.1) is 0 Å². The van der Waals surface area contributed by atoms with Gasteiger partial charge < -0.3 is 24.4 Å². The molecule has 2 atom stereocenters. The second-order valence-electron chi connectivity index (χ2n) is 7.65. The van der Waals surface area contributed by atoms with Gasteiger partial charge in [-0.3, -0.25) is 4.79 Å². The SMILES string of the molecule is CCOc1cc2cc(c1)-c1cnn3ccc(nc13)OC[C@@H]1C[C@@H](OC)C(=O)N1CCN2. The van der Waals surface area contributed by atoms with Crippen molar-refractivity contribution in [2.45, 2.75) is 25.5 Å². The summed E-state index contributed by atoms with van der Waals surface area (Å²) in [6, 6.07) is 7.70. The van der Waals surface area contributed by atoms with E-state index in [4.69, 9.17) is 14.2 Å². The molecule has 31 heavy (non-hydrogen) atoms. The Morgan fingerprint density at radius 1 is 1.32 bits per heavy atom. The number of amides is 1. The molecule has 9 heteroatoms. The maximum atomic E-state index is 12.8. The van der Waals surface area contributed by atoms with Gasteiger partial charge in [0, 0.05) is 56.2 Å². The summed E-state index contributed by atoms with van der Waals surface area (Å²) in [7, 11) is 1.57. The van der Waals surface area contributed by atoms with E-state index in [1.54, 1.807) is 23.9 Å². The number of fused-ring (bicyclic) bond motifs is 5. The third-order valence-electron chi connectivity index (χ3n) is 5.75. The molecule has 3 aromatic rings. The smallest absolute Gasteiger partial charge is 0.252 e. The molecule has 0 unspecified atom stereocenters. The van der Waals surface area contributed by atoms with Crippen LogP contribution in [0.1, 0.15) is 13.3 Å². The third-order valence-corrected chi connectivity index (χ3v) is 5.75. The van der Waals surface area contributed by atoms with Crippen LogP contribution in [0, 0.1) is 0 Å². The molecule has 2 aliphatic rings. The first-order chi connectivity index (χ1) is 15.2. The van der Waals surface area contributed by atoms with E-state index in [1.807, 2.05) is 36.2 Å². The van der Waals surface area contributed by atoms with E-state index in [1.165, 1.54) is 0 Å². The summed E-state index contributed by atoms with van der Waals surface area (Å²) in [5, 5.41) is 7.86. The van der Waals surface area contributed by atoms with Gasteiger partial charge in [-0.25, -0.2) is 4.52 Å². The standard InChI is InChI=1S/C22H25N5O4/c1-3-30-17-9-14-8-15(10-17)23-5-7-26-16(11-19(29-2)22(26)28)13-31-20-4-6-27-21(25-20)18(14)12-24-27/h4,6,8-10,12,16,19,23H,3,5,7,11,13H2,1-2H3/t16-,19+/m0/s1. The number of aromatic nitrogens is 3. The second-order valence-corrected chi connectivity index (χ2v) is 7.65. The zero-order valence-electron chi connectivity index (χ0n) is 17.6. The molecule has 4 bridgehead atoms. The molecule has 2 aliphatic heterocycles. The van der Waals surface area contributed by atoms with Crippen molar-refractivity contribution in [3.05, 3.63) is 36.7 Å². The van der Waals surface area contributed by atoms with Crippen LogP contribution in [0.2, 0.25) is 0 Å². The Kier molecular flexibility index (Phi) is 5.11. The normalized spacial score (nSPS) is 20.8. The summed E-state index contributed by atoms with van der Waals surface area (Å²) in [5.41, 5.74) is 3.45. The van der Waals surface area contributed by atoms with E-state index in [2.05, 4.69) is 15.4 Å². The Morgan fingerprint density at radius 3 is 3.06 bits per heavy atom. The van der Waals surface area contributed by atoms with Crippen molar-refractivity contribution in [1.29, 1.82) is 0 Å². The van der Waals surface area contributed by atoms with Crippen molar-refractivity contribution in [2.24, 2.45) is 0 Å². The number of nitrogens with zero attached hydrogens (tertiary/aromatic N) is 4. The Bertz CT molecular complexity index is 1110. The number of hydrogen-bond acceptors (Lipinski definition) is 7. The summed E-state index contributed by atoms with van der Waals surface area (Å²) in [4.78, 5) is 19.3. The van der Waals surface area contributed by atoms with Gasteiger partial charge in [-0.05, 0) is 24.6 Å². The van der Waals surface area contributed by atoms with Gasteiger partial charge in [0.05, 0.1) is 18.8 Å². The number of carbonyl (C=O) groups excluding carboxylic acids is 1. The first kappa shape index (κ1) is 19.6. The second kappa shape index (κ2) is 8.07. The van der Waals surface area contributed by atoms with Crippen molar-refractivity contribution in [1.82, 2.24) is 19.5 Å². The number of ether oxygens (including phenoxy) is 3. The average Bonchev–Trinajstić information content (AvgIpc) is 3.32. The van der Waals surface area contributed by atoms with E-state index < -0.39 is 6.10 Å². The highest BCUT2D eigenvalue weighted by Gasteiger charge is 2.39. The van der Waals surface area contributed by atoms with Crippen LogP contribution in [0.3, 0.4) is 0 Å². The fourth-order valence-corrected chi connectivity index (χ4v) is 4.23. The van der Waals surface area contributed by atoms with Crippen LogP contribution in [0.15, 0.2) is 36.7 Å². The highest BCUT2D eigenvalue weighted by molar-refractivity contribution is 5.84. The zero-order valence-corrected chi connectivity index (χ0v) is 17.6. The summed E-state index contributed by atoms with van der Waals surface area (Å²) in [5.74, 6) is 1.25. The molecular formula is C22H25N5O4. The zero-order chi connectivity index (χ0) is 21.4. The van der Waals surface area contributed by atoms with Gasteiger partial charge in [0.25, 0.3) is 5.91 Å². The fourth-order valence-electron chi connectivity index (χ4n) is 4.23. The molecule has 0 spiro atoms. The lowest BCUT2D eigenvalue weighted by Crippen LogP contribution is -2.41. The first-order valence-electron chi connectivity index (χ1n) is 10.5. The molecular weight excluding hydrogens is 398 g/mol. The molecule has 0 radical (unpaired) electrons. The fraction of sp³-hybridized carbons (Fsp3) is 0.409. The Balaban J connectivity index is 1.58. The molecule has 1 fully saturated rings. The number of hydrogen-bond donors (Lipinski definition) is 1. The van der Waals surface area contributed by atoms with Gasteiger partial charge >= 0.3 is 0 Å². The molecule has 1 N–H and O–H groups in total. The van der Waals surface area contributed by atoms with Gasteiger partial charge in [0.2, 0.25) is 5.88 Å². The summed E-state index contributed by atoms with van der Waals surface area (Å²) >= 11 is 0. The van der Waals surface area contributed by atoms with Crippen molar-refractivity contribution >= 4 is 17.2 Å². The quantitative estimate of drug-likeness (QED) is 0.691. The Hall–Kier alpha value is -3.33. The predicted octanol–water partition coefficient (Wildman–Crippen LogP) is 2.22. The lowest BCUT2D eigenvalue weighted by atomic mass is 10.1. The lowest BCUT2D eigenvalue weighted by Gasteiger charge is -2.25. The molecule has 2 aromatic heterocycles. The number of methoxy groups -OCH3 is 1. The van der Waals surface area contributed by atoms with E-state index in [-0.39, 0.29) is 11.9 Å². The van der Waals surface area contributed by atoms with Crippen LogP contribution in [0.4, 0.5) is 5.69 Å². The molecule has 9 nitrogen and oxygen atoms in total. The first-order valence-corrected chi connectivity index (χ1v) is 10.5. The minimum Gasteiger partial charge on any atom is -0.494 e. The molecule has 1 amide bonds. The molecule has 5 rings (SSSR count). The molecule has 0 saturated carbocycles. The van der Waals surface area contributed by atoms with Gasteiger partial charge in [0.1, 0.15) is 18.5 Å². The van der Waals surface area contributed by atoms with E-state index >= 15 is 0 Å². The van der Waals surface area contributed by atoms with Crippen molar-refractivity contribution in [2.75, 3.05) is 38.7 Å². The maximum absolute atomic E-state index is 12.8. The number of anilines is 1. The topological polar surface area (TPSA) is 90.2 Å². The van der Waals surface area contributed by atoms with Crippen LogP contribution in [0.25, 0.3) is 16.8 Å². The van der Waals surface area contributed by atoms with Crippen LogP contribution < -0.4 is 14.8 Å². The van der Waals surface area contributed by atoms with Gasteiger partial charge in [-0.2, -0.15) is 10.1 Å². The van der Waals surface area contributed by atoms with Gasteiger partial charge in [-0.1, -0.05) is 0 Å². The maximum Gasteiger partial charge on any atom is 0.252 e. The van der Waals surface area contributed by atoms with Crippen LogP contribution >= 0.6 is 0 Å². The number of rotatable bonds is 3. The van der Waals surface area contributed by atoms with E-state index in [0.717, 1.165) is 22.6 Å². The number of benzene rings is 1. The molecule has 4 heterocycles. The average molecular weight is 423 g/mol. The Morgan fingerprint density at radius 2 is 2.23 bits per heavy atom. The van der Waals surface area contributed by atoms with E-state index in [9.17, 15) is 4.79 Å². The van der Waals surface area contributed by atoms with E-state index in [0.29, 0.717) is 44.3 Å². The predicted molar refractivity (Wildman–Crippen MR) is 114 cm³/mol. The molecule has 162 valence electrons. The minimum atomic E-state index is -0.436. The summed E-state index contributed by atoms with van der Waals surface area (Å²) < 4.78 is 18.9. The summed E-state index contributed by atoms with van der Waals surface area (Å²) in [6.07, 6.45) is 3.79. The number of nitrogens with one attached hydrogen (secondary N) is 1. The largest absolute Gasteiger partial charge is 0.494 e. The molecule has 0 aliphatic carbocycles.